The Hall–Kier alpha value is -3.19. The van der Waals surface area contributed by atoms with Gasteiger partial charge < -0.3 is 14.5 Å². The summed E-state index contributed by atoms with van der Waals surface area (Å²) in [5.74, 6) is -0.0307. The molecule has 0 aliphatic carbocycles. The Kier molecular flexibility index (Phi) is 6.32. The van der Waals surface area contributed by atoms with E-state index in [4.69, 9.17) is 4.74 Å². The number of benzene rings is 2. The lowest BCUT2D eigenvalue weighted by molar-refractivity contribution is -0.132. The smallest absolute Gasteiger partial charge is 0.272 e. The van der Waals surface area contributed by atoms with E-state index in [1.54, 1.807) is 6.07 Å². The zero-order valence-electron chi connectivity index (χ0n) is 18.0. The van der Waals surface area contributed by atoms with Gasteiger partial charge in [0.25, 0.3) is 5.56 Å². The summed E-state index contributed by atoms with van der Waals surface area (Å²) in [6.07, 6.45) is 2.17. The second kappa shape index (κ2) is 9.31. The predicted octanol–water partition coefficient (Wildman–Crippen LogP) is 2.74. The molecule has 1 aliphatic heterocycles. The molecule has 0 radical (unpaired) electrons. The fourth-order valence-corrected chi connectivity index (χ4v) is 3.97. The van der Waals surface area contributed by atoms with Crippen LogP contribution in [0, 0.1) is 0 Å². The van der Waals surface area contributed by atoms with Gasteiger partial charge in [0.15, 0.2) is 0 Å². The number of aromatic amines is 1. The van der Waals surface area contributed by atoms with Crippen LogP contribution in [0.2, 0.25) is 0 Å². The van der Waals surface area contributed by atoms with Crippen molar-refractivity contribution in [3.8, 4) is 0 Å². The van der Waals surface area contributed by atoms with Crippen molar-refractivity contribution in [3.63, 3.8) is 0 Å². The average molecular weight is 421 g/mol. The summed E-state index contributed by atoms with van der Waals surface area (Å²) in [7, 11) is 4.01. The highest BCUT2D eigenvalue weighted by Crippen LogP contribution is 2.19. The monoisotopic (exact) mass is 420 g/mol. The number of ether oxygens (including phenoxy) is 1. The van der Waals surface area contributed by atoms with Crippen molar-refractivity contribution in [3.05, 3.63) is 70.1 Å². The summed E-state index contributed by atoms with van der Waals surface area (Å²) < 4.78 is 5.79. The van der Waals surface area contributed by atoms with Crippen molar-refractivity contribution < 1.29 is 9.53 Å². The number of hydrogen-bond donors (Lipinski definition) is 1. The molecular formula is C24H28N4O3. The van der Waals surface area contributed by atoms with Crippen molar-refractivity contribution in [1.29, 1.82) is 0 Å². The van der Waals surface area contributed by atoms with Gasteiger partial charge in [-0.05, 0) is 36.6 Å². The van der Waals surface area contributed by atoms with E-state index in [9.17, 15) is 9.59 Å². The molecule has 1 aliphatic rings. The number of hydrogen-bond acceptors (Lipinski definition) is 5. The largest absolute Gasteiger partial charge is 0.378 e. The first-order chi connectivity index (χ1) is 15.0. The molecule has 1 fully saturated rings. The molecule has 7 heteroatoms. The number of nitrogens with one attached hydrogen (secondary N) is 1. The van der Waals surface area contributed by atoms with Crippen molar-refractivity contribution in [2.45, 2.75) is 31.9 Å². The Bertz CT molecular complexity index is 1100. The van der Waals surface area contributed by atoms with Crippen molar-refractivity contribution >= 4 is 22.4 Å². The first kappa shape index (κ1) is 21.1. The van der Waals surface area contributed by atoms with Crippen molar-refractivity contribution in [1.82, 2.24) is 15.1 Å². The first-order valence-electron chi connectivity index (χ1n) is 10.6. The van der Waals surface area contributed by atoms with Crippen LogP contribution in [-0.2, 0) is 22.5 Å². The van der Waals surface area contributed by atoms with Gasteiger partial charge in [0, 0.05) is 44.9 Å². The highest BCUT2D eigenvalue weighted by molar-refractivity contribution is 5.88. The van der Waals surface area contributed by atoms with Gasteiger partial charge in [-0.2, -0.15) is 5.10 Å². The molecular weight excluding hydrogens is 392 g/mol. The van der Waals surface area contributed by atoms with Gasteiger partial charge in [0.05, 0.1) is 23.6 Å². The number of H-pyrrole nitrogens is 1. The van der Waals surface area contributed by atoms with Gasteiger partial charge in [-0.3, -0.25) is 9.59 Å². The fourth-order valence-electron chi connectivity index (χ4n) is 3.97. The second-order valence-corrected chi connectivity index (χ2v) is 8.19. The van der Waals surface area contributed by atoms with E-state index in [1.165, 1.54) is 0 Å². The topological polar surface area (TPSA) is 78.5 Å². The third-order valence-corrected chi connectivity index (χ3v) is 5.72. The summed E-state index contributed by atoms with van der Waals surface area (Å²) in [6.45, 7) is 1.81. The van der Waals surface area contributed by atoms with E-state index in [0.717, 1.165) is 30.7 Å². The zero-order chi connectivity index (χ0) is 21.8. The van der Waals surface area contributed by atoms with E-state index in [-0.39, 0.29) is 24.0 Å². The minimum atomic E-state index is -0.246. The third-order valence-electron chi connectivity index (χ3n) is 5.72. The lowest BCUT2D eigenvalue weighted by Crippen LogP contribution is -2.38. The molecule has 3 aromatic rings. The highest BCUT2D eigenvalue weighted by Gasteiger charge is 2.24. The maximum absolute atomic E-state index is 13.3. The van der Waals surface area contributed by atoms with Gasteiger partial charge in [-0.15, -0.1) is 0 Å². The Labute approximate surface area is 181 Å². The number of aromatic nitrogens is 2. The maximum atomic E-state index is 13.3. The van der Waals surface area contributed by atoms with Crippen LogP contribution >= 0.6 is 0 Å². The molecule has 31 heavy (non-hydrogen) atoms. The number of amides is 1. The van der Waals surface area contributed by atoms with Gasteiger partial charge in [-0.1, -0.05) is 30.3 Å². The quantitative estimate of drug-likeness (QED) is 0.636. The van der Waals surface area contributed by atoms with Crippen LogP contribution in [0.5, 0.6) is 0 Å². The Morgan fingerprint density at radius 3 is 2.55 bits per heavy atom. The van der Waals surface area contributed by atoms with Crippen molar-refractivity contribution in [2.24, 2.45) is 0 Å². The molecule has 4 rings (SSSR count). The highest BCUT2D eigenvalue weighted by atomic mass is 16.5. The van der Waals surface area contributed by atoms with E-state index in [0.29, 0.717) is 29.6 Å². The average Bonchev–Trinajstić information content (AvgIpc) is 3.29. The Morgan fingerprint density at radius 2 is 1.87 bits per heavy atom. The molecule has 1 saturated heterocycles. The molecule has 2 heterocycles. The van der Waals surface area contributed by atoms with Crippen LogP contribution in [0.4, 0.5) is 5.69 Å². The second-order valence-electron chi connectivity index (χ2n) is 8.19. The number of nitrogens with zero attached hydrogens (tertiary/aromatic N) is 3. The summed E-state index contributed by atoms with van der Waals surface area (Å²) in [6, 6.07) is 15.5. The molecule has 7 nitrogen and oxygen atoms in total. The van der Waals surface area contributed by atoms with Crippen molar-refractivity contribution in [2.75, 3.05) is 32.1 Å². The number of rotatable bonds is 7. The minimum Gasteiger partial charge on any atom is -0.378 e. The first-order valence-corrected chi connectivity index (χ1v) is 10.6. The zero-order valence-corrected chi connectivity index (χ0v) is 18.0. The molecule has 1 unspecified atom stereocenters. The molecule has 2 aromatic carbocycles. The molecule has 0 saturated carbocycles. The van der Waals surface area contributed by atoms with E-state index < -0.39 is 0 Å². The van der Waals surface area contributed by atoms with Gasteiger partial charge >= 0.3 is 0 Å². The number of carbonyl (C=O) groups excluding carboxylic acids is 1. The van der Waals surface area contributed by atoms with Gasteiger partial charge in [0.1, 0.15) is 0 Å². The SMILES string of the molecule is CN(C)c1ccc(CN(CC2CCCO2)C(=O)Cc2n[nH]c(=O)c3ccccc23)cc1. The van der Waals surface area contributed by atoms with E-state index >= 15 is 0 Å². The third kappa shape index (κ3) is 4.94. The van der Waals surface area contributed by atoms with Crippen LogP contribution < -0.4 is 10.5 Å². The normalized spacial score (nSPS) is 15.9. The maximum Gasteiger partial charge on any atom is 0.272 e. The molecule has 0 spiro atoms. The summed E-state index contributed by atoms with van der Waals surface area (Å²) in [4.78, 5) is 29.3. The van der Waals surface area contributed by atoms with E-state index in [1.807, 2.05) is 42.1 Å². The molecule has 1 N–H and O–H groups in total. The molecule has 1 aromatic heterocycles. The van der Waals surface area contributed by atoms with Crippen LogP contribution in [0.15, 0.2) is 53.3 Å². The Morgan fingerprint density at radius 1 is 1.13 bits per heavy atom. The van der Waals surface area contributed by atoms with Crippen LogP contribution in [-0.4, -0.2) is 54.4 Å². The fraction of sp³-hybridized carbons (Fsp3) is 0.375. The minimum absolute atomic E-state index is 0.0307. The number of fused-ring (bicyclic) bond motifs is 1. The Balaban J connectivity index is 1.56. The predicted molar refractivity (Wildman–Crippen MR) is 121 cm³/mol. The molecule has 1 amide bonds. The standard InChI is InChI=1S/C24H28N4O3/c1-27(2)18-11-9-17(10-12-18)15-28(16-19-6-5-13-31-19)23(29)14-22-20-7-3-4-8-21(20)24(30)26-25-22/h3-4,7-12,19H,5-6,13-16H2,1-2H3,(H,26,30). The summed E-state index contributed by atoms with van der Waals surface area (Å²) in [5, 5.41) is 7.96. The van der Waals surface area contributed by atoms with Crippen LogP contribution in [0.1, 0.15) is 24.1 Å². The molecule has 0 bridgehead atoms. The van der Waals surface area contributed by atoms with E-state index in [2.05, 4.69) is 34.5 Å². The summed E-state index contributed by atoms with van der Waals surface area (Å²) in [5.41, 5.74) is 2.52. The lowest BCUT2D eigenvalue weighted by atomic mass is 10.1. The lowest BCUT2D eigenvalue weighted by Gasteiger charge is -2.26. The van der Waals surface area contributed by atoms with Crippen LogP contribution in [0.25, 0.3) is 10.8 Å². The summed E-state index contributed by atoms with van der Waals surface area (Å²) >= 11 is 0. The van der Waals surface area contributed by atoms with Crippen LogP contribution in [0.3, 0.4) is 0 Å². The number of anilines is 1. The number of carbonyl (C=O) groups is 1. The molecule has 162 valence electrons. The van der Waals surface area contributed by atoms with Gasteiger partial charge in [0.2, 0.25) is 5.91 Å². The van der Waals surface area contributed by atoms with Gasteiger partial charge in [-0.25, -0.2) is 5.10 Å². The molecule has 1 atom stereocenters.